The van der Waals surface area contributed by atoms with Crippen molar-refractivity contribution in [1.82, 2.24) is 30.0 Å². The van der Waals surface area contributed by atoms with Crippen LogP contribution in [0.25, 0.3) is 10.9 Å². The Hall–Kier alpha value is -3.27. The molecule has 1 aliphatic rings. The van der Waals surface area contributed by atoms with Gasteiger partial charge in [0, 0.05) is 49.5 Å². The number of piperazine rings is 1. The van der Waals surface area contributed by atoms with E-state index in [0.29, 0.717) is 29.1 Å². The van der Waals surface area contributed by atoms with Crippen LogP contribution in [0.3, 0.4) is 0 Å². The zero-order valence-corrected chi connectivity index (χ0v) is 16.9. The molecule has 0 radical (unpaired) electrons. The lowest BCUT2D eigenvalue weighted by Crippen LogP contribution is -2.54. The number of benzene rings is 1. The van der Waals surface area contributed by atoms with Gasteiger partial charge in [0.2, 0.25) is 5.95 Å². The normalized spacial score (nSPS) is 19.4. The van der Waals surface area contributed by atoms with Gasteiger partial charge in [-0.1, -0.05) is 0 Å². The fraction of sp³-hybridized carbons (Fsp3) is 0.421. The minimum absolute atomic E-state index is 0.212. The molecular weight excluding hydrogens is 372 g/mol. The van der Waals surface area contributed by atoms with Crippen LogP contribution >= 0.6 is 0 Å². The minimum Gasteiger partial charge on any atom is -0.467 e. The molecule has 1 amide bonds. The molecule has 10 nitrogen and oxygen atoms in total. The first-order valence-corrected chi connectivity index (χ1v) is 9.46. The van der Waals surface area contributed by atoms with E-state index in [1.807, 2.05) is 6.07 Å². The summed E-state index contributed by atoms with van der Waals surface area (Å²) in [5.74, 6) is 0.0402. The Balaban J connectivity index is 1.78. The van der Waals surface area contributed by atoms with Gasteiger partial charge in [0.25, 0.3) is 5.91 Å². The Bertz CT molecular complexity index is 1040. The number of carbonyl (C=O) groups excluding carboxylic acids is 1. The fourth-order valence-corrected chi connectivity index (χ4v) is 3.75. The van der Waals surface area contributed by atoms with Gasteiger partial charge >= 0.3 is 6.01 Å². The predicted molar refractivity (Wildman–Crippen MR) is 109 cm³/mol. The van der Waals surface area contributed by atoms with Gasteiger partial charge in [0.05, 0.1) is 18.2 Å². The van der Waals surface area contributed by atoms with Crippen molar-refractivity contribution in [1.29, 1.82) is 0 Å². The van der Waals surface area contributed by atoms with Gasteiger partial charge in [-0.05, 0) is 26.0 Å². The second-order valence-corrected chi connectivity index (χ2v) is 7.29. The number of fused-ring (bicyclic) bond motifs is 1. The highest BCUT2D eigenvalue weighted by Crippen LogP contribution is 2.30. The zero-order valence-electron chi connectivity index (χ0n) is 16.9. The number of ether oxygens (including phenoxy) is 1. The van der Waals surface area contributed by atoms with Gasteiger partial charge in [-0.3, -0.25) is 10.1 Å². The molecule has 3 aromatic rings. The lowest BCUT2D eigenvalue weighted by atomic mass is 10.0. The molecular formula is C19H24N8O2. The third-order valence-corrected chi connectivity index (χ3v) is 4.97. The van der Waals surface area contributed by atoms with Gasteiger partial charge in [0.1, 0.15) is 6.33 Å². The third-order valence-electron chi connectivity index (χ3n) is 4.97. The summed E-state index contributed by atoms with van der Waals surface area (Å²) >= 11 is 0. The number of aromatic nitrogens is 5. The first-order valence-electron chi connectivity index (χ1n) is 9.46. The molecule has 1 saturated heterocycles. The molecule has 152 valence electrons. The van der Waals surface area contributed by atoms with Crippen LogP contribution in [0.2, 0.25) is 0 Å². The second kappa shape index (κ2) is 7.63. The summed E-state index contributed by atoms with van der Waals surface area (Å²) in [5, 5.41) is 11.1. The summed E-state index contributed by atoms with van der Waals surface area (Å²) in [6.45, 7) is 6.03. The highest BCUT2D eigenvalue weighted by Gasteiger charge is 2.25. The molecule has 1 fully saturated rings. The quantitative estimate of drug-likeness (QED) is 0.677. The maximum absolute atomic E-state index is 13.0. The number of carbonyl (C=O) groups is 1. The van der Waals surface area contributed by atoms with Crippen LogP contribution in [0.5, 0.6) is 6.01 Å². The van der Waals surface area contributed by atoms with Crippen LogP contribution in [0.15, 0.2) is 24.7 Å². The number of aryl methyl sites for hydroxylation is 1. The van der Waals surface area contributed by atoms with Crippen molar-refractivity contribution in [2.24, 2.45) is 7.05 Å². The molecule has 0 aliphatic carbocycles. The number of hydrogen-bond acceptors (Lipinski definition) is 8. The van der Waals surface area contributed by atoms with E-state index in [4.69, 9.17) is 4.74 Å². The maximum atomic E-state index is 13.0. The topological polar surface area (TPSA) is 110 Å². The lowest BCUT2D eigenvalue weighted by molar-refractivity contribution is 0.102. The van der Waals surface area contributed by atoms with E-state index in [0.717, 1.165) is 24.2 Å². The first-order chi connectivity index (χ1) is 14.0. The Morgan fingerprint density at radius 3 is 2.66 bits per heavy atom. The highest BCUT2D eigenvalue weighted by atomic mass is 16.5. The van der Waals surface area contributed by atoms with E-state index in [1.54, 1.807) is 19.3 Å². The highest BCUT2D eigenvalue weighted by molar-refractivity contribution is 6.13. The van der Waals surface area contributed by atoms with Crippen LogP contribution in [0.4, 0.5) is 11.6 Å². The van der Waals surface area contributed by atoms with Gasteiger partial charge in [-0.15, -0.1) is 0 Å². The van der Waals surface area contributed by atoms with Crippen LogP contribution in [0.1, 0.15) is 24.2 Å². The number of hydrogen-bond donors (Lipinski definition) is 2. The number of nitrogens with zero attached hydrogens (tertiary/aromatic N) is 6. The molecule has 2 N–H and O–H groups in total. The second-order valence-electron chi connectivity index (χ2n) is 7.29. The Morgan fingerprint density at radius 2 is 2.00 bits per heavy atom. The molecule has 0 unspecified atom stereocenters. The van der Waals surface area contributed by atoms with Gasteiger partial charge in [0.15, 0.2) is 0 Å². The van der Waals surface area contributed by atoms with E-state index in [1.165, 1.54) is 18.1 Å². The summed E-state index contributed by atoms with van der Waals surface area (Å²) in [4.78, 5) is 28.1. The summed E-state index contributed by atoms with van der Waals surface area (Å²) in [6, 6.07) is 4.66. The smallest absolute Gasteiger partial charge is 0.316 e. The minimum atomic E-state index is -0.319. The average molecular weight is 396 g/mol. The molecule has 4 rings (SSSR count). The number of amides is 1. The maximum Gasteiger partial charge on any atom is 0.316 e. The van der Waals surface area contributed by atoms with Crippen molar-refractivity contribution >= 4 is 28.4 Å². The zero-order chi connectivity index (χ0) is 20.5. The predicted octanol–water partition coefficient (Wildman–Crippen LogP) is 1.21. The monoisotopic (exact) mass is 396 g/mol. The van der Waals surface area contributed by atoms with Crippen molar-refractivity contribution < 1.29 is 9.53 Å². The Kier molecular flexibility index (Phi) is 5.01. The number of nitrogens with one attached hydrogen (secondary N) is 2. The van der Waals surface area contributed by atoms with E-state index >= 15 is 0 Å². The first kappa shape index (κ1) is 19.1. The Morgan fingerprint density at radius 1 is 1.24 bits per heavy atom. The van der Waals surface area contributed by atoms with Crippen LogP contribution in [-0.2, 0) is 7.05 Å². The molecule has 3 heterocycles. The molecule has 2 aromatic heterocycles. The summed E-state index contributed by atoms with van der Waals surface area (Å²) in [6.07, 6.45) is 3.10. The number of anilines is 2. The van der Waals surface area contributed by atoms with Gasteiger partial charge in [-0.25, -0.2) is 9.67 Å². The van der Waals surface area contributed by atoms with Crippen molar-refractivity contribution in [3.63, 3.8) is 0 Å². The number of methoxy groups -OCH3 is 1. The van der Waals surface area contributed by atoms with E-state index in [-0.39, 0.29) is 11.9 Å². The summed E-state index contributed by atoms with van der Waals surface area (Å²) < 4.78 is 6.69. The molecule has 1 aliphatic heterocycles. The summed E-state index contributed by atoms with van der Waals surface area (Å²) in [5.41, 5.74) is 1.95. The average Bonchev–Trinajstić information content (AvgIpc) is 3.10. The van der Waals surface area contributed by atoms with Crippen molar-refractivity contribution in [2.75, 3.05) is 30.4 Å². The third kappa shape index (κ3) is 3.70. The van der Waals surface area contributed by atoms with Gasteiger partial charge in [-0.2, -0.15) is 15.1 Å². The van der Waals surface area contributed by atoms with Crippen molar-refractivity contribution in [2.45, 2.75) is 25.9 Å². The molecule has 0 spiro atoms. The van der Waals surface area contributed by atoms with Crippen LogP contribution in [-0.4, -0.2) is 62.9 Å². The van der Waals surface area contributed by atoms with Crippen LogP contribution in [0, 0.1) is 0 Å². The van der Waals surface area contributed by atoms with E-state index < -0.39 is 0 Å². The fourth-order valence-electron chi connectivity index (χ4n) is 3.75. The summed E-state index contributed by atoms with van der Waals surface area (Å²) in [7, 11) is 3.21. The molecule has 0 saturated carbocycles. The van der Waals surface area contributed by atoms with Gasteiger partial charge < -0.3 is 15.0 Å². The SMILES string of the molecule is COc1ncc2c(N3C[C@@H](C)N[C@@H](C)C3)ccc(C(=O)Nc3ncnn3C)c2n1. The van der Waals surface area contributed by atoms with E-state index in [9.17, 15) is 4.79 Å². The molecule has 29 heavy (non-hydrogen) atoms. The van der Waals surface area contributed by atoms with Crippen LogP contribution < -0.4 is 20.3 Å². The molecule has 10 heteroatoms. The Labute approximate surface area is 168 Å². The standard InChI is InChI=1S/C19H24N8O2/c1-11-8-27(9-12(2)23-11)15-6-5-13(16-14(15)7-20-19(24-16)29-4)17(28)25-18-21-10-22-26(18)3/h5-7,10-12,23H,8-9H2,1-4H3,(H,21,22,25,28)/t11-,12+. The van der Waals surface area contributed by atoms with Crippen molar-refractivity contribution in [3.8, 4) is 6.01 Å². The largest absolute Gasteiger partial charge is 0.467 e. The van der Waals surface area contributed by atoms with E-state index in [2.05, 4.69) is 49.4 Å². The molecule has 2 atom stereocenters. The van der Waals surface area contributed by atoms with Crippen molar-refractivity contribution in [3.05, 3.63) is 30.2 Å². The lowest BCUT2D eigenvalue weighted by Gasteiger charge is -2.38. The molecule has 0 bridgehead atoms. The molecule has 1 aromatic carbocycles. The number of rotatable bonds is 4.